The summed E-state index contributed by atoms with van der Waals surface area (Å²) in [7, 11) is 0. The predicted molar refractivity (Wildman–Crippen MR) is 77.2 cm³/mol. The number of nitrogens with zero attached hydrogens (tertiary/aromatic N) is 1. The van der Waals surface area contributed by atoms with Crippen LogP contribution in [-0.2, 0) is 4.79 Å². The molecule has 2 heteroatoms. The summed E-state index contributed by atoms with van der Waals surface area (Å²) in [4.78, 5) is 13.1. The van der Waals surface area contributed by atoms with Crippen LogP contribution in [0.15, 0.2) is 0 Å². The van der Waals surface area contributed by atoms with Crippen molar-refractivity contribution in [3.8, 4) is 0 Å². The highest BCUT2D eigenvalue weighted by molar-refractivity contribution is 5.73. The number of carbonyl (C=O) groups is 1. The van der Waals surface area contributed by atoms with Gasteiger partial charge in [-0.15, -0.1) is 0 Å². The van der Waals surface area contributed by atoms with Gasteiger partial charge < -0.3 is 4.90 Å². The monoisotopic (exact) mass is 243 g/mol. The van der Waals surface area contributed by atoms with Gasteiger partial charge in [-0.3, -0.25) is 4.79 Å². The van der Waals surface area contributed by atoms with Gasteiger partial charge in [0.2, 0.25) is 5.91 Å². The smallest absolute Gasteiger partial charge is 0.219 e. The van der Waals surface area contributed by atoms with Gasteiger partial charge in [-0.2, -0.15) is 0 Å². The standard InChI is InChI=1S/C10H21NO.C5H12/c1-5-8-10(6-2)11(7-3)9(4)12;1-4-5(2)3/h10H,5-8H2,1-4H3;5H,4H2,1-3H3. The molecule has 2 nitrogen and oxygen atoms in total. The summed E-state index contributed by atoms with van der Waals surface area (Å²) in [5.74, 6) is 1.09. The van der Waals surface area contributed by atoms with E-state index in [9.17, 15) is 4.79 Å². The van der Waals surface area contributed by atoms with E-state index in [0.29, 0.717) is 6.04 Å². The van der Waals surface area contributed by atoms with Crippen LogP contribution in [0, 0.1) is 5.92 Å². The normalized spacial score (nSPS) is 11.8. The number of amides is 1. The minimum atomic E-state index is 0.206. The first-order chi connectivity index (χ1) is 7.94. The van der Waals surface area contributed by atoms with Gasteiger partial charge in [0.1, 0.15) is 0 Å². The summed E-state index contributed by atoms with van der Waals surface area (Å²) in [6, 6.07) is 0.456. The van der Waals surface area contributed by atoms with E-state index in [4.69, 9.17) is 0 Å². The highest BCUT2D eigenvalue weighted by Crippen LogP contribution is 2.10. The maximum absolute atomic E-state index is 11.2. The molecule has 0 spiro atoms. The van der Waals surface area contributed by atoms with Crippen LogP contribution in [-0.4, -0.2) is 23.4 Å². The van der Waals surface area contributed by atoms with Crippen LogP contribution in [0.5, 0.6) is 0 Å². The van der Waals surface area contributed by atoms with Crippen LogP contribution in [0.4, 0.5) is 0 Å². The van der Waals surface area contributed by atoms with Crippen molar-refractivity contribution in [3.63, 3.8) is 0 Å². The zero-order chi connectivity index (χ0) is 13.8. The average Bonchev–Trinajstić information content (AvgIpc) is 2.29. The van der Waals surface area contributed by atoms with Crippen molar-refractivity contribution in [1.29, 1.82) is 0 Å². The zero-order valence-electron chi connectivity index (χ0n) is 13.0. The Hall–Kier alpha value is -0.530. The Labute approximate surface area is 109 Å². The van der Waals surface area contributed by atoms with Crippen LogP contribution in [0.1, 0.15) is 74.1 Å². The van der Waals surface area contributed by atoms with E-state index in [2.05, 4.69) is 34.6 Å². The molecule has 0 aromatic heterocycles. The fourth-order valence-electron chi connectivity index (χ4n) is 1.65. The van der Waals surface area contributed by atoms with Gasteiger partial charge in [-0.25, -0.2) is 0 Å². The fourth-order valence-corrected chi connectivity index (χ4v) is 1.65. The Kier molecular flexibility index (Phi) is 13.2. The van der Waals surface area contributed by atoms with Gasteiger partial charge in [0.25, 0.3) is 0 Å². The third-order valence-electron chi connectivity index (χ3n) is 3.10. The van der Waals surface area contributed by atoms with E-state index in [1.54, 1.807) is 6.92 Å². The van der Waals surface area contributed by atoms with Crippen molar-refractivity contribution in [1.82, 2.24) is 4.90 Å². The first-order valence-corrected chi connectivity index (χ1v) is 7.21. The fraction of sp³-hybridized carbons (Fsp3) is 0.933. The number of carbonyl (C=O) groups excluding carboxylic acids is 1. The Morgan fingerprint density at radius 2 is 1.53 bits per heavy atom. The van der Waals surface area contributed by atoms with Gasteiger partial charge in [0, 0.05) is 19.5 Å². The number of hydrogen-bond acceptors (Lipinski definition) is 1. The Bertz CT molecular complexity index is 178. The Balaban J connectivity index is 0. The van der Waals surface area contributed by atoms with Gasteiger partial charge in [-0.1, -0.05) is 47.5 Å². The van der Waals surface area contributed by atoms with Crippen LogP contribution < -0.4 is 0 Å². The van der Waals surface area contributed by atoms with Crippen LogP contribution in [0.25, 0.3) is 0 Å². The second-order valence-corrected chi connectivity index (χ2v) is 4.96. The highest BCUT2D eigenvalue weighted by Gasteiger charge is 2.15. The lowest BCUT2D eigenvalue weighted by Crippen LogP contribution is -2.38. The van der Waals surface area contributed by atoms with Crippen molar-refractivity contribution in [3.05, 3.63) is 0 Å². The molecule has 1 amide bonds. The molecule has 0 aliphatic heterocycles. The van der Waals surface area contributed by atoms with Gasteiger partial charge in [-0.05, 0) is 25.7 Å². The highest BCUT2D eigenvalue weighted by atomic mass is 16.2. The summed E-state index contributed by atoms with van der Waals surface area (Å²) in [5, 5.41) is 0. The number of rotatable bonds is 6. The molecule has 1 unspecified atom stereocenters. The van der Waals surface area contributed by atoms with E-state index in [1.807, 2.05) is 11.8 Å². The third-order valence-corrected chi connectivity index (χ3v) is 3.10. The van der Waals surface area contributed by atoms with Crippen molar-refractivity contribution in [2.45, 2.75) is 80.2 Å². The lowest BCUT2D eigenvalue weighted by molar-refractivity contribution is -0.131. The second-order valence-electron chi connectivity index (χ2n) is 4.96. The molecule has 0 aliphatic carbocycles. The average molecular weight is 243 g/mol. The zero-order valence-corrected chi connectivity index (χ0v) is 13.0. The summed E-state index contributed by atoms with van der Waals surface area (Å²) in [5.41, 5.74) is 0. The minimum absolute atomic E-state index is 0.206. The molecule has 0 fully saturated rings. The van der Waals surface area contributed by atoms with Gasteiger partial charge >= 0.3 is 0 Å². The molecule has 0 radical (unpaired) electrons. The molecule has 0 aromatic rings. The van der Waals surface area contributed by atoms with E-state index in [1.165, 1.54) is 6.42 Å². The molecule has 1 atom stereocenters. The Morgan fingerprint density at radius 1 is 1.06 bits per heavy atom. The first kappa shape index (κ1) is 18.8. The van der Waals surface area contributed by atoms with Crippen molar-refractivity contribution in [2.75, 3.05) is 6.54 Å². The maximum Gasteiger partial charge on any atom is 0.219 e. The van der Waals surface area contributed by atoms with E-state index < -0.39 is 0 Å². The quantitative estimate of drug-likeness (QED) is 0.673. The van der Waals surface area contributed by atoms with Gasteiger partial charge in [0.15, 0.2) is 0 Å². The van der Waals surface area contributed by atoms with Crippen molar-refractivity contribution >= 4 is 5.91 Å². The molecule has 0 saturated carbocycles. The molecule has 104 valence electrons. The van der Waals surface area contributed by atoms with E-state index in [0.717, 1.165) is 31.7 Å². The largest absolute Gasteiger partial charge is 0.340 e. The lowest BCUT2D eigenvalue weighted by atomic mass is 10.1. The Morgan fingerprint density at radius 3 is 1.71 bits per heavy atom. The van der Waals surface area contributed by atoms with Gasteiger partial charge in [0.05, 0.1) is 0 Å². The van der Waals surface area contributed by atoms with Crippen LogP contribution in [0.3, 0.4) is 0 Å². The predicted octanol–water partition coefficient (Wildman–Crippen LogP) is 4.49. The third kappa shape index (κ3) is 10.3. The summed E-state index contributed by atoms with van der Waals surface area (Å²) >= 11 is 0. The SMILES string of the molecule is CCC(C)C.CCCC(CC)N(CC)C(C)=O. The second kappa shape index (κ2) is 11.9. The van der Waals surface area contributed by atoms with E-state index in [-0.39, 0.29) is 5.91 Å². The summed E-state index contributed by atoms with van der Waals surface area (Å²) in [6.45, 7) is 15.5. The molecule has 0 N–H and O–H groups in total. The minimum Gasteiger partial charge on any atom is -0.340 e. The van der Waals surface area contributed by atoms with Crippen LogP contribution >= 0.6 is 0 Å². The van der Waals surface area contributed by atoms with Crippen LogP contribution in [0.2, 0.25) is 0 Å². The molecule has 0 heterocycles. The topological polar surface area (TPSA) is 20.3 Å². The first-order valence-electron chi connectivity index (χ1n) is 7.21. The molecule has 17 heavy (non-hydrogen) atoms. The summed E-state index contributed by atoms with van der Waals surface area (Å²) < 4.78 is 0. The van der Waals surface area contributed by atoms with Crippen molar-refractivity contribution < 1.29 is 4.79 Å². The molecule has 0 bridgehead atoms. The molecular formula is C15H33NO. The molecule has 0 aliphatic rings. The lowest BCUT2D eigenvalue weighted by Gasteiger charge is -2.28. The maximum atomic E-state index is 11.2. The molecule has 0 saturated heterocycles. The number of hydrogen-bond donors (Lipinski definition) is 0. The summed E-state index contributed by atoms with van der Waals surface area (Å²) in [6.07, 6.45) is 4.66. The van der Waals surface area contributed by atoms with E-state index >= 15 is 0 Å². The van der Waals surface area contributed by atoms with Crippen molar-refractivity contribution in [2.24, 2.45) is 5.92 Å². The molecular weight excluding hydrogens is 210 g/mol. The molecule has 0 aromatic carbocycles. The molecule has 0 rings (SSSR count).